The number of amides is 1. The van der Waals surface area contributed by atoms with Crippen LogP contribution >= 0.6 is 0 Å². The van der Waals surface area contributed by atoms with Crippen LogP contribution in [0.1, 0.15) is 42.4 Å². The molecule has 1 amide bonds. The molecule has 2 fully saturated rings. The maximum absolute atomic E-state index is 13.3. The molecule has 7 heteroatoms. The van der Waals surface area contributed by atoms with Gasteiger partial charge in [-0.05, 0) is 31.5 Å². The van der Waals surface area contributed by atoms with E-state index in [9.17, 15) is 4.79 Å². The first-order valence-electron chi connectivity index (χ1n) is 12.3. The third kappa shape index (κ3) is 1.84. The van der Waals surface area contributed by atoms with E-state index in [4.69, 9.17) is 14.2 Å². The molecule has 174 valence electrons. The van der Waals surface area contributed by atoms with Gasteiger partial charge in [-0.1, -0.05) is 36.4 Å². The maximum atomic E-state index is 13.3. The summed E-state index contributed by atoms with van der Waals surface area (Å²) in [7, 11) is 0. The first-order valence-corrected chi connectivity index (χ1v) is 12.3. The van der Waals surface area contributed by atoms with E-state index in [1.165, 1.54) is 0 Å². The van der Waals surface area contributed by atoms with Crippen LogP contribution < -0.4 is 5.32 Å². The second kappa shape index (κ2) is 5.70. The van der Waals surface area contributed by atoms with Gasteiger partial charge in [0.2, 0.25) is 0 Å². The third-order valence-electron chi connectivity index (χ3n) is 8.44. The number of carbonyl (C=O) groups is 1. The summed E-state index contributed by atoms with van der Waals surface area (Å²) in [5, 5.41) is 7.40. The molecule has 0 saturated carbocycles. The summed E-state index contributed by atoms with van der Waals surface area (Å²) in [4.78, 5) is 13.3. The molecule has 3 aromatic carbocycles. The zero-order valence-electron chi connectivity index (χ0n) is 19.4. The minimum absolute atomic E-state index is 0.00694. The molecule has 1 N–H and O–H groups in total. The average molecular weight is 466 g/mol. The van der Waals surface area contributed by atoms with Crippen molar-refractivity contribution in [3.63, 3.8) is 0 Å². The Labute approximate surface area is 200 Å². The van der Waals surface area contributed by atoms with Crippen molar-refractivity contribution < 1.29 is 19.0 Å². The van der Waals surface area contributed by atoms with Gasteiger partial charge in [0.15, 0.2) is 5.60 Å². The van der Waals surface area contributed by atoms with E-state index in [1.54, 1.807) is 0 Å². The molecular weight excluding hydrogens is 442 g/mol. The molecule has 0 radical (unpaired) electrons. The van der Waals surface area contributed by atoms with Crippen molar-refractivity contribution in [2.45, 2.75) is 50.7 Å². The van der Waals surface area contributed by atoms with Crippen LogP contribution in [-0.2, 0) is 26.7 Å². The predicted molar refractivity (Wildman–Crippen MR) is 131 cm³/mol. The lowest BCUT2D eigenvalue weighted by Crippen LogP contribution is -2.68. The number of hydrogen-bond acceptors (Lipinski definition) is 4. The molecule has 0 unspecified atom stereocenters. The molecule has 2 aromatic heterocycles. The Morgan fingerprint density at radius 2 is 1.77 bits per heavy atom. The van der Waals surface area contributed by atoms with Gasteiger partial charge in [0.25, 0.3) is 11.8 Å². The molecule has 6 heterocycles. The number of carbonyl (C=O) groups excluding carboxylic acids is 1. The average Bonchev–Trinajstić information content (AvgIpc) is 3.51. The van der Waals surface area contributed by atoms with Crippen molar-refractivity contribution in [3.8, 4) is 0 Å². The first kappa shape index (κ1) is 18.9. The molecule has 4 aliphatic rings. The predicted octanol–water partition coefficient (Wildman–Crippen LogP) is 4.88. The lowest BCUT2D eigenvalue weighted by atomic mass is 9.90. The minimum Gasteiger partial charge on any atom is -0.362 e. The molecule has 4 aliphatic heterocycles. The third-order valence-corrected chi connectivity index (χ3v) is 8.44. The second-order valence-corrected chi connectivity index (χ2v) is 10.5. The van der Waals surface area contributed by atoms with E-state index in [0.717, 1.165) is 54.7 Å². The monoisotopic (exact) mass is 465 g/mol. The SMILES string of the molecule is CC(C)O[C@@]12CO[C@]13O[C@H](C2)n1c2ccccc2c2c4c(c5c6ccccc6n3c5c21)CNC4=O. The summed E-state index contributed by atoms with van der Waals surface area (Å²) < 4.78 is 24.6. The van der Waals surface area contributed by atoms with Gasteiger partial charge in [-0.25, -0.2) is 0 Å². The van der Waals surface area contributed by atoms with E-state index >= 15 is 0 Å². The lowest BCUT2D eigenvalue weighted by molar-refractivity contribution is -0.440. The summed E-state index contributed by atoms with van der Waals surface area (Å²) in [5.41, 5.74) is 5.46. The van der Waals surface area contributed by atoms with Crippen molar-refractivity contribution in [3.05, 3.63) is 59.7 Å². The zero-order chi connectivity index (χ0) is 23.3. The highest BCUT2D eigenvalue weighted by Gasteiger charge is 2.73. The number of benzene rings is 3. The van der Waals surface area contributed by atoms with Gasteiger partial charge >= 0.3 is 0 Å². The van der Waals surface area contributed by atoms with Gasteiger partial charge < -0.3 is 24.1 Å². The van der Waals surface area contributed by atoms with Crippen molar-refractivity contribution in [1.82, 2.24) is 14.5 Å². The van der Waals surface area contributed by atoms with E-state index in [-0.39, 0.29) is 18.2 Å². The van der Waals surface area contributed by atoms with Crippen LogP contribution in [0.2, 0.25) is 0 Å². The Hall–Kier alpha value is -3.39. The lowest BCUT2D eigenvalue weighted by Gasteiger charge is -2.53. The molecule has 35 heavy (non-hydrogen) atoms. The van der Waals surface area contributed by atoms with Gasteiger partial charge in [-0.2, -0.15) is 0 Å². The Bertz CT molecular complexity index is 1810. The molecule has 2 saturated heterocycles. The first-order chi connectivity index (χ1) is 17.0. The molecule has 3 atom stereocenters. The van der Waals surface area contributed by atoms with Crippen LogP contribution in [0.15, 0.2) is 48.5 Å². The van der Waals surface area contributed by atoms with Crippen molar-refractivity contribution in [1.29, 1.82) is 0 Å². The van der Waals surface area contributed by atoms with Gasteiger partial charge in [-0.15, -0.1) is 0 Å². The Kier molecular flexibility index (Phi) is 3.07. The molecule has 9 rings (SSSR count). The van der Waals surface area contributed by atoms with Crippen molar-refractivity contribution in [2.75, 3.05) is 6.61 Å². The number of nitrogens with one attached hydrogen (secondary N) is 1. The van der Waals surface area contributed by atoms with Gasteiger partial charge in [-0.3, -0.25) is 9.36 Å². The fraction of sp³-hybridized carbons (Fsp3) is 0.321. The quantitative estimate of drug-likeness (QED) is 0.404. The number of rotatable bonds is 2. The van der Waals surface area contributed by atoms with Gasteiger partial charge in [0.05, 0.1) is 40.3 Å². The molecular formula is C28H23N3O4. The fourth-order valence-corrected chi connectivity index (χ4v) is 7.35. The number of nitrogens with zero attached hydrogens (tertiary/aromatic N) is 2. The van der Waals surface area contributed by atoms with Crippen LogP contribution in [0.25, 0.3) is 43.6 Å². The standard InChI is InChI=1S/C28H23N3O4/c1-14(2)34-27-11-20-30-18-9-5-3-7-15(18)22-23-17(12-29-26(23)32)21-16-8-4-6-10-19(16)31(25(21)24(22)30)28(27,35-20)33-13-27/h3-10,14,20H,11-13H2,1-2H3,(H,29,32)/t20-,27+,28+/m1/s1. The smallest absolute Gasteiger partial charge is 0.291 e. The van der Waals surface area contributed by atoms with Gasteiger partial charge in [0, 0.05) is 34.5 Å². The Morgan fingerprint density at radius 3 is 2.51 bits per heavy atom. The second-order valence-electron chi connectivity index (χ2n) is 10.5. The van der Waals surface area contributed by atoms with E-state index in [2.05, 4.69) is 70.8 Å². The normalized spacial score (nSPS) is 28.3. The van der Waals surface area contributed by atoms with Crippen molar-refractivity contribution >= 4 is 49.5 Å². The Balaban J connectivity index is 1.60. The summed E-state index contributed by atoms with van der Waals surface area (Å²) in [6.45, 7) is 5.14. The van der Waals surface area contributed by atoms with Crippen LogP contribution in [0, 0.1) is 0 Å². The van der Waals surface area contributed by atoms with E-state index in [1.807, 2.05) is 6.07 Å². The topological polar surface area (TPSA) is 66.7 Å². The summed E-state index contributed by atoms with van der Waals surface area (Å²) in [5.74, 6) is -1.06. The number of ether oxygens (including phenoxy) is 3. The van der Waals surface area contributed by atoms with E-state index in [0.29, 0.717) is 19.6 Å². The molecule has 2 bridgehead atoms. The van der Waals surface area contributed by atoms with Crippen LogP contribution in [0.3, 0.4) is 0 Å². The minimum atomic E-state index is -1.05. The largest absolute Gasteiger partial charge is 0.362 e. The van der Waals surface area contributed by atoms with Gasteiger partial charge in [0.1, 0.15) is 6.23 Å². The summed E-state index contributed by atoms with van der Waals surface area (Å²) >= 11 is 0. The number of aromatic nitrogens is 2. The summed E-state index contributed by atoms with van der Waals surface area (Å²) in [6.07, 6.45) is 0.429. The number of fused-ring (bicyclic) bond motifs is 11. The summed E-state index contributed by atoms with van der Waals surface area (Å²) in [6, 6.07) is 16.7. The van der Waals surface area contributed by atoms with Crippen LogP contribution in [0.5, 0.6) is 0 Å². The Morgan fingerprint density at radius 1 is 1.03 bits per heavy atom. The highest BCUT2D eigenvalue weighted by atomic mass is 16.8. The number of hydrogen-bond donors (Lipinski definition) is 1. The molecule has 7 nitrogen and oxygen atoms in total. The zero-order valence-corrected chi connectivity index (χ0v) is 19.4. The van der Waals surface area contributed by atoms with E-state index < -0.39 is 11.5 Å². The molecule has 1 spiro atoms. The van der Waals surface area contributed by atoms with Crippen molar-refractivity contribution in [2.24, 2.45) is 0 Å². The maximum Gasteiger partial charge on any atom is 0.291 e. The highest BCUT2D eigenvalue weighted by Crippen LogP contribution is 2.63. The molecule has 0 aliphatic carbocycles. The van der Waals surface area contributed by atoms with Crippen LogP contribution in [0.4, 0.5) is 0 Å². The number of para-hydroxylation sites is 2. The van der Waals surface area contributed by atoms with Crippen LogP contribution in [-0.4, -0.2) is 33.4 Å². The fourth-order valence-electron chi connectivity index (χ4n) is 7.35. The highest BCUT2D eigenvalue weighted by molar-refractivity contribution is 6.31. The molecule has 5 aromatic rings.